The largest absolute Gasteiger partial charge is 0.325 e. The minimum Gasteiger partial charge on any atom is -0.325 e. The predicted octanol–water partition coefficient (Wildman–Crippen LogP) is 4.34. The highest BCUT2D eigenvalue weighted by atomic mass is 15.7. The van der Waals surface area contributed by atoms with Gasteiger partial charge in [-0.1, -0.05) is 66.7 Å². The van der Waals surface area contributed by atoms with Crippen molar-refractivity contribution in [3.8, 4) is 0 Å². The molecule has 1 aliphatic rings. The molecule has 3 nitrogen and oxygen atoms in total. The van der Waals surface area contributed by atoms with Gasteiger partial charge in [-0.3, -0.25) is 5.01 Å². The molecule has 113 valence electrons. The Bertz CT molecular complexity index is 696. The number of benzene rings is 3. The fourth-order valence-corrected chi connectivity index (χ4v) is 2.83. The summed E-state index contributed by atoms with van der Waals surface area (Å²) in [5.41, 5.74) is 7.08. The Kier molecular flexibility index (Phi) is 3.70. The standard InChI is InChI=1S/C20H18N3/c1-4-10-17(11-5-1)20-21-23(19-14-8-3-9-15-19)16-22(20)18-12-6-2-7-13-18/h1-16,20-21H. The molecule has 23 heavy (non-hydrogen) atoms. The molecule has 3 heteroatoms. The summed E-state index contributed by atoms with van der Waals surface area (Å²) < 4.78 is 0. The minimum absolute atomic E-state index is 0.0683. The topological polar surface area (TPSA) is 18.5 Å². The van der Waals surface area contributed by atoms with Crippen LogP contribution in [0.15, 0.2) is 91.0 Å². The van der Waals surface area contributed by atoms with E-state index in [4.69, 9.17) is 0 Å². The molecule has 1 N–H and O–H groups in total. The second kappa shape index (κ2) is 6.15. The second-order valence-corrected chi connectivity index (χ2v) is 5.51. The first-order valence-corrected chi connectivity index (χ1v) is 7.75. The zero-order chi connectivity index (χ0) is 15.5. The summed E-state index contributed by atoms with van der Waals surface area (Å²) in [5, 5.41) is 2.07. The average Bonchev–Trinajstić information content (AvgIpc) is 3.09. The maximum Gasteiger partial charge on any atom is 0.159 e. The Hall–Kier alpha value is -2.78. The molecule has 1 aliphatic heterocycles. The van der Waals surface area contributed by atoms with Crippen molar-refractivity contribution in [2.45, 2.75) is 6.17 Å². The quantitative estimate of drug-likeness (QED) is 0.776. The van der Waals surface area contributed by atoms with Gasteiger partial charge in [0.05, 0.1) is 5.69 Å². The normalized spacial score (nSPS) is 17.5. The molecule has 4 rings (SSSR count). The Morgan fingerprint density at radius 1 is 0.609 bits per heavy atom. The zero-order valence-electron chi connectivity index (χ0n) is 12.7. The smallest absolute Gasteiger partial charge is 0.159 e. The minimum atomic E-state index is 0.0683. The van der Waals surface area contributed by atoms with Crippen molar-refractivity contribution in [2.75, 3.05) is 9.91 Å². The van der Waals surface area contributed by atoms with Gasteiger partial charge in [0.2, 0.25) is 0 Å². The number of anilines is 2. The highest BCUT2D eigenvalue weighted by Gasteiger charge is 2.31. The molecule has 3 aromatic carbocycles. The van der Waals surface area contributed by atoms with Gasteiger partial charge in [0.15, 0.2) is 6.67 Å². The van der Waals surface area contributed by atoms with E-state index >= 15 is 0 Å². The fourth-order valence-electron chi connectivity index (χ4n) is 2.83. The van der Waals surface area contributed by atoms with Crippen LogP contribution < -0.4 is 15.3 Å². The number of rotatable bonds is 3. The van der Waals surface area contributed by atoms with Gasteiger partial charge in [-0.05, 0) is 29.8 Å². The maximum atomic E-state index is 3.58. The Labute approximate surface area is 136 Å². The SMILES string of the molecule is [CH]1N(c2ccccc2)NC(c2ccccc2)N1c1ccccc1. The van der Waals surface area contributed by atoms with Crippen molar-refractivity contribution in [1.82, 2.24) is 5.43 Å². The third-order valence-electron chi connectivity index (χ3n) is 3.98. The van der Waals surface area contributed by atoms with E-state index in [1.165, 1.54) is 5.56 Å². The van der Waals surface area contributed by atoms with Gasteiger partial charge in [0.25, 0.3) is 0 Å². The van der Waals surface area contributed by atoms with E-state index in [9.17, 15) is 0 Å². The molecule has 0 saturated carbocycles. The van der Waals surface area contributed by atoms with Crippen LogP contribution in [0.25, 0.3) is 0 Å². The van der Waals surface area contributed by atoms with E-state index in [1.807, 2.05) is 30.3 Å². The third kappa shape index (κ3) is 2.79. The predicted molar refractivity (Wildman–Crippen MR) is 94.5 cm³/mol. The van der Waals surface area contributed by atoms with Gasteiger partial charge in [0, 0.05) is 5.69 Å². The summed E-state index contributed by atoms with van der Waals surface area (Å²) in [7, 11) is 0. The van der Waals surface area contributed by atoms with Gasteiger partial charge in [0.1, 0.15) is 6.17 Å². The van der Waals surface area contributed by atoms with Crippen LogP contribution in [-0.2, 0) is 0 Å². The summed E-state index contributed by atoms with van der Waals surface area (Å²) >= 11 is 0. The van der Waals surface area contributed by atoms with Crippen LogP contribution >= 0.6 is 0 Å². The first kappa shape index (κ1) is 13.9. The number of hydrogen-bond acceptors (Lipinski definition) is 3. The van der Waals surface area contributed by atoms with Crippen LogP contribution in [0, 0.1) is 6.67 Å². The fraction of sp³-hybridized carbons (Fsp3) is 0.0500. The lowest BCUT2D eigenvalue weighted by atomic mass is 10.1. The average molecular weight is 300 g/mol. The van der Waals surface area contributed by atoms with Gasteiger partial charge >= 0.3 is 0 Å². The van der Waals surface area contributed by atoms with Crippen LogP contribution in [-0.4, -0.2) is 0 Å². The Morgan fingerprint density at radius 2 is 1.13 bits per heavy atom. The van der Waals surface area contributed by atoms with E-state index in [0.29, 0.717) is 0 Å². The van der Waals surface area contributed by atoms with Crippen LogP contribution in [0.2, 0.25) is 0 Å². The molecule has 1 radical (unpaired) electrons. The highest BCUT2D eigenvalue weighted by Crippen LogP contribution is 2.33. The van der Waals surface area contributed by atoms with Crippen LogP contribution in [0.5, 0.6) is 0 Å². The number of para-hydroxylation sites is 2. The molecule has 1 heterocycles. The molecule has 0 aliphatic carbocycles. The number of hydrogen-bond donors (Lipinski definition) is 1. The van der Waals surface area contributed by atoms with E-state index in [2.05, 4.69) is 82.7 Å². The number of nitrogens with zero attached hydrogens (tertiary/aromatic N) is 2. The second-order valence-electron chi connectivity index (χ2n) is 5.51. The molecule has 1 unspecified atom stereocenters. The molecule has 3 aromatic rings. The molecule has 1 fully saturated rings. The van der Waals surface area contributed by atoms with Crippen LogP contribution in [0.1, 0.15) is 11.7 Å². The molecule has 0 aromatic heterocycles. The first-order chi connectivity index (χ1) is 11.4. The third-order valence-corrected chi connectivity index (χ3v) is 3.98. The van der Waals surface area contributed by atoms with Gasteiger partial charge in [-0.15, -0.1) is 0 Å². The van der Waals surface area contributed by atoms with Crippen molar-refractivity contribution in [2.24, 2.45) is 0 Å². The van der Waals surface area contributed by atoms with Gasteiger partial charge in [-0.25, -0.2) is 5.43 Å². The van der Waals surface area contributed by atoms with Crippen LogP contribution in [0.3, 0.4) is 0 Å². The summed E-state index contributed by atoms with van der Waals surface area (Å²) in [6.45, 7) is 2.11. The number of hydrazine groups is 1. The summed E-state index contributed by atoms with van der Waals surface area (Å²) in [5.74, 6) is 0. The summed E-state index contributed by atoms with van der Waals surface area (Å²) in [4.78, 5) is 2.25. The van der Waals surface area contributed by atoms with E-state index in [1.54, 1.807) is 0 Å². The van der Waals surface area contributed by atoms with E-state index in [-0.39, 0.29) is 6.17 Å². The lowest BCUT2D eigenvalue weighted by Gasteiger charge is -2.24. The van der Waals surface area contributed by atoms with Crippen molar-refractivity contribution in [3.63, 3.8) is 0 Å². The Morgan fingerprint density at radius 3 is 1.74 bits per heavy atom. The van der Waals surface area contributed by atoms with E-state index in [0.717, 1.165) is 11.4 Å². The first-order valence-electron chi connectivity index (χ1n) is 7.75. The van der Waals surface area contributed by atoms with Crippen molar-refractivity contribution < 1.29 is 0 Å². The lowest BCUT2D eigenvalue weighted by Crippen LogP contribution is -2.31. The van der Waals surface area contributed by atoms with Crippen molar-refractivity contribution in [1.29, 1.82) is 0 Å². The molecular weight excluding hydrogens is 282 g/mol. The molecule has 0 spiro atoms. The van der Waals surface area contributed by atoms with Crippen molar-refractivity contribution in [3.05, 3.63) is 103 Å². The van der Waals surface area contributed by atoms with Crippen molar-refractivity contribution >= 4 is 11.4 Å². The van der Waals surface area contributed by atoms with Gasteiger partial charge < -0.3 is 4.90 Å². The van der Waals surface area contributed by atoms with Gasteiger partial charge in [-0.2, -0.15) is 0 Å². The summed E-state index contributed by atoms with van der Waals surface area (Å²) in [6, 6.07) is 31.2. The molecule has 0 bridgehead atoms. The monoisotopic (exact) mass is 300 g/mol. The highest BCUT2D eigenvalue weighted by molar-refractivity contribution is 5.58. The molecule has 0 amide bonds. The maximum absolute atomic E-state index is 3.58. The van der Waals surface area contributed by atoms with Crippen LogP contribution in [0.4, 0.5) is 11.4 Å². The van der Waals surface area contributed by atoms with E-state index < -0.39 is 0 Å². The summed E-state index contributed by atoms with van der Waals surface area (Å²) in [6.07, 6.45) is 0.0683. The molecule has 1 saturated heterocycles. The number of nitrogens with one attached hydrogen (secondary N) is 1. The Balaban J connectivity index is 1.70. The lowest BCUT2D eigenvalue weighted by molar-refractivity contribution is 0.624. The zero-order valence-corrected chi connectivity index (χ0v) is 12.7. The molecule has 1 atom stereocenters. The molecular formula is C20H18N3.